The molecule has 0 spiro atoms. The molecule has 24 heavy (non-hydrogen) atoms. The molecule has 0 radical (unpaired) electrons. The van der Waals surface area contributed by atoms with Crippen LogP contribution in [-0.4, -0.2) is 20.8 Å². The zero-order chi connectivity index (χ0) is 17.1. The number of para-hydroxylation sites is 2. The highest BCUT2D eigenvalue weighted by Crippen LogP contribution is 2.31. The van der Waals surface area contributed by atoms with Gasteiger partial charge in [0, 0.05) is 6.42 Å². The number of nitrogens with two attached hydrogens (primary N) is 1. The first-order valence-electron chi connectivity index (χ1n) is 7.47. The standard InChI is InChI=1S/C17H16ClN5O/c1-2-15-20-17(23(21-15)12-8-4-3-5-9-12)22(16(19)24)14-11-7-6-10-13(14)18/h3-11H,2H2,1H3,(H2,19,24). The van der Waals surface area contributed by atoms with Crippen molar-refractivity contribution in [2.75, 3.05) is 4.90 Å². The third-order valence-electron chi connectivity index (χ3n) is 3.46. The molecule has 0 aliphatic rings. The second kappa shape index (κ2) is 6.72. The van der Waals surface area contributed by atoms with Crippen molar-refractivity contribution in [1.82, 2.24) is 14.8 Å². The zero-order valence-electron chi connectivity index (χ0n) is 13.1. The van der Waals surface area contributed by atoms with E-state index in [9.17, 15) is 4.79 Å². The Balaban J connectivity index is 2.21. The quantitative estimate of drug-likeness (QED) is 0.786. The average Bonchev–Trinajstić information content (AvgIpc) is 3.01. The van der Waals surface area contributed by atoms with Gasteiger partial charge in [-0.2, -0.15) is 9.67 Å². The lowest BCUT2D eigenvalue weighted by Crippen LogP contribution is -2.33. The van der Waals surface area contributed by atoms with Crippen molar-refractivity contribution in [2.45, 2.75) is 13.3 Å². The highest BCUT2D eigenvalue weighted by molar-refractivity contribution is 6.34. The van der Waals surface area contributed by atoms with Crippen LogP contribution in [0.15, 0.2) is 54.6 Å². The number of benzene rings is 2. The van der Waals surface area contributed by atoms with Gasteiger partial charge in [0.25, 0.3) is 0 Å². The Labute approximate surface area is 144 Å². The van der Waals surface area contributed by atoms with Gasteiger partial charge in [-0.05, 0) is 24.3 Å². The molecule has 6 nitrogen and oxygen atoms in total. The summed E-state index contributed by atoms with van der Waals surface area (Å²) in [4.78, 5) is 17.9. The van der Waals surface area contributed by atoms with Gasteiger partial charge in [-0.25, -0.2) is 9.69 Å². The van der Waals surface area contributed by atoms with Crippen molar-refractivity contribution < 1.29 is 4.79 Å². The molecule has 0 unspecified atom stereocenters. The van der Waals surface area contributed by atoms with Gasteiger partial charge >= 0.3 is 6.03 Å². The second-order valence-electron chi connectivity index (χ2n) is 5.05. The van der Waals surface area contributed by atoms with E-state index < -0.39 is 6.03 Å². The average molecular weight is 342 g/mol. The molecule has 122 valence electrons. The first-order valence-corrected chi connectivity index (χ1v) is 7.85. The molecule has 2 N–H and O–H groups in total. The van der Waals surface area contributed by atoms with E-state index >= 15 is 0 Å². The van der Waals surface area contributed by atoms with Gasteiger partial charge in [-0.3, -0.25) is 0 Å². The fourth-order valence-electron chi connectivity index (χ4n) is 2.34. The molecule has 0 saturated carbocycles. The monoisotopic (exact) mass is 341 g/mol. The van der Waals surface area contributed by atoms with Crippen molar-refractivity contribution in [3.8, 4) is 5.69 Å². The van der Waals surface area contributed by atoms with Crippen LogP contribution in [-0.2, 0) is 6.42 Å². The normalized spacial score (nSPS) is 10.6. The first kappa shape index (κ1) is 16.0. The molecule has 3 aromatic rings. The number of anilines is 2. The number of carbonyl (C=O) groups is 1. The van der Waals surface area contributed by atoms with Crippen LogP contribution in [0, 0.1) is 0 Å². The number of aryl methyl sites for hydroxylation is 1. The number of primary amides is 1. The summed E-state index contributed by atoms with van der Waals surface area (Å²) < 4.78 is 1.59. The van der Waals surface area contributed by atoms with Crippen LogP contribution in [0.2, 0.25) is 5.02 Å². The van der Waals surface area contributed by atoms with Crippen molar-refractivity contribution in [3.05, 3.63) is 65.4 Å². The molecule has 0 saturated heterocycles. The number of rotatable bonds is 4. The maximum absolute atomic E-state index is 12.1. The summed E-state index contributed by atoms with van der Waals surface area (Å²) >= 11 is 6.25. The van der Waals surface area contributed by atoms with E-state index in [1.165, 1.54) is 4.90 Å². The number of nitrogens with zero attached hydrogens (tertiary/aromatic N) is 4. The summed E-state index contributed by atoms with van der Waals surface area (Å²) in [6.45, 7) is 1.94. The van der Waals surface area contributed by atoms with E-state index in [1.54, 1.807) is 28.9 Å². The predicted octanol–water partition coefficient (Wildman–Crippen LogP) is 3.70. The number of urea groups is 1. The molecule has 1 heterocycles. The van der Waals surface area contributed by atoms with E-state index in [2.05, 4.69) is 10.1 Å². The smallest absolute Gasteiger partial charge is 0.326 e. The SMILES string of the molecule is CCc1nc(N(C(N)=O)c2ccccc2Cl)n(-c2ccccc2)n1. The Bertz CT molecular complexity index is 862. The lowest BCUT2D eigenvalue weighted by molar-refractivity contribution is 0.255. The van der Waals surface area contributed by atoms with Gasteiger partial charge in [0.15, 0.2) is 5.82 Å². The van der Waals surface area contributed by atoms with Crippen LogP contribution in [0.25, 0.3) is 5.69 Å². The Hall–Kier alpha value is -2.86. The number of hydrogen-bond acceptors (Lipinski definition) is 3. The first-order chi connectivity index (χ1) is 11.6. The number of hydrogen-bond donors (Lipinski definition) is 1. The molecule has 0 aliphatic carbocycles. The molecule has 2 aromatic carbocycles. The molecular formula is C17H16ClN5O. The summed E-state index contributed by atoms with van der Waals surface area (Å²) in [7, 11) is 0. The largest absolute Gasteiger partial charge is 0.351 e. The fourth-order valence-corrected chi connectivity index (χ4v) is 2.56. The summed E-state index contributed by atoms with van der Waals surface area (Å²) in [5.74, 6) is 0.908. The van der Waals surface area contributed by atoms with Gasteiger partial charge in [-0.1, -0.05) is 48.9 Å². The van der Waals surface area contributed by atoms with Gasteiger partial charge in [-0.15, -0.1) is 5.10 Å². The summed E-state index contributed by atoms with van der Waals surface area (Å²) in [6.07, 6.45) is 0.627. The minimum atomic E-state index is -0.685. The molecule has 0 atom stereocenters. The fraction of sp³-hybridized carbons (Fsp3) is 0.118. The van der Waals surface area contributed by atoms with Crippen LogP contribution in [0.5, 0.6) is 0 Å². The van der Waals surface area contributed by atoms with E-state index in [4.69, 9.17) is 17.3 Å². The van der Waals surface area contributed by atoms with Crippen LogP contribution in [0.1, 0.15) is 12.7 Å². The minimum Gasteiger partial charge on any atom is -0.351 e. The number of amides is 2. The molecule has 2 amide bonds. The highest BCUT2D eigenvalue weighted by Gasteiger charge is 2.25. The molecule has 0 fully saturated rings. The summed E-state index contributed by atoms with van der Waals surface area (Å²) in [5.41, 5.74) is 6.85. The third kappa shape index (κ3) is 2.96. The zero-order valence-corrected chi connectivity index (χ0v) is 13.8. The van der Waals surface area contributed by atoms with Crippen molar-refractivity contribution in [1.29, 1.82) is 0 Å². The van der Waals surface area contributed by atoms with E-state index in [0.717, 1.165) is 5.69 Å². The van der Waals surface area contributed by atoms with Crippen LogP contribution < -0.4 is 10.6 Å². The van der Waals surface area contributed by atoms with Crippen molar-refractivity contribution in [3.63, 3.8) is 0 Å². The number of halogens is 1. The second-order valence-corrected chi connectivity index (χ2v) is 5.46. The lowest BCUT2D eigenvalue weighted by Gasteiger charge is -2.20. The van der Waals surface area contributed by atoms with Gasteiger partial charge < -0.3 is 5.73 Å². The molecular weight excluding hydrogens is 326 g/mol. The Morgan fingerprint density at radius 2 is 1.83 bits per heavy atom. The maximum atomic E-state index is 12.1. The molecule has 3 rings (SSSR count). The van der Waals surface area contributed by atoms with E-state index in [0.29, 0.717) is 28.9 Å². The van der Waals surface area contributed by atoms with Crippen molar-refractivity contribution in [2.24, 2.45) is 5.73 Å². The van der Waals surface area contributed by atoms with Crippen LogP contribution in [0.3, 0.4) is 0 Å². The minimum absolute atomic E-state index is 0.304. The Kier molecular flexibility index (Phi) is 4.48. The van der Waals surface area contributed by atoms with E-state index in [-0.39, 0.29) is 0 Å². The predicted molar refractivity (Wildman–Crippen MR) is 93.9 cm³/mol. The summed E-state index contributed by atoms with van der Waals surface area (Å²) in [6, 6.07) is 15.7. The maximum Gasteiger partial charge on any atom is 0.326 e. The Morgan fingerprint density at radius 1 is 1.17 bits per heavy atom. The summed E-state index contributed by atoms with van der Waals surface area (Å²) in [5, 5.41) is 4.87. The van der Waals surface area contributed by atoms with Crippen LogP contribution in [0.4, 0.5) is 16.4 Å². The molecule has 0 aliphatic heterocycles. The lowest BCUT2D eigenvalue weighted by atomic mass is 10.3. The molecule has 7 heteroatoms. The van der Waals surface area contributed by atoms with Gasteiger partial charge in [0.1, 0.15) is 0 Å². The third-order valence-corrected chi connectivity index (χ3v) is 3.78. The molecule has 0 bridgehead atoms. The highest BCUT2D eigenvalue weighted by atomic mass is 35.5. The van der Waals surface area contributed by atoms with Gasteiger partial charge in [0.2, 0.25) is 5.95 Å². The van der Waals surface area contributed by atoms with Crippen LogP contribution >= 0.6 is 11.6 Å². The topological polar surface area (TPSA) is 77.0 Å². The number of carbonyl (C=O) groups excluding carboxylic acids is 1. The van der Waals surface area contributed by atoms with Crippen molar-refractivity contribution >= 4 is 29.3 Å². The Morgan fingerprint density at radius 3 is 2.46 bits per heavy atom. The molecule has 1 aromatic heterocycles. The van der Waals surface area contributed by atoms with Gasteiger partial charge in [0.05, 0.1) is 16.4 Å². The number of aromatic nitrogens is 3. The van der Waals surface area contributed by atoms with E-state index in [1.807, 2.05) is 37.3 Å².